The first-order chi connectivity index (χ1) is 23.2. The Morgan fingerprint density at radius 3 is 1.29 bits per heavy atom. The Hall–Kier alpha value is -2.55. The van der Waals surface area contributed by atoms with Crippen molar-refractivity contribution in [1.82, 2.24) is 0 Å². The maximum absolute atomic E-state index is 3.16. The van der Waals surface area contributed by atoms with Gasteiger partial charge in [-0.2, -0.15) is 0 Å². The predicted octanol–water partition coefficient (Wildman–Crippen LogP) is 13.5. The van der Waals surface area contributed by atoms with E-state index in [-0.39, 0.29) is 0 Å². The fourth-order valence-electron chi connectivity index (χ4n) is 12.1. The van der Waals surface area contributed by atoms with Crippen LogP contribution in [0.1, 0.15) is 103 Å². The molecule has 48 heavy (non-hydrogen) atoms. The standard InChI is InChI=1S/C44H46Si.2CH3.Hf/c1-29-13-9-21-39(31(29)3)41-23-11-15-33-25-37(27-43(33)41)45(35-17-5-6-18-35,36-19-7-8-20-36)38-26-34-16-12-24-42(44(34)28-38)40-22-10-14-30(2)32(40)4;;;/h9-16,21-28,35-36H,5-8,17-20H2,1-4H3;2*1H3;. The quantitative estimate of drug-likeness (QED) is 0.180. The van der Waals surface area contributed by atoms with Gasteiger partial charge in [0.1, 0.15) is 0 Å². The van der Waals surface area contributed by atoms with Gasteiger partial charge in [-0.25, -0.2) is 0 Å². The number of hydrogen-bond donors (Lipinski definition) is 0. The summed E-state index contributed by atoms with van der Waals surface area (Å²) in [5, 5.41) is 4.06. The van der Waals surface area contributed by atoms with Crippen molar-refractivity contribution in [2.45, 2.75) is 107 Å². The number of benzene rings is 4. The Morgan fingerprint density at radius 2 is 0.875 bits per heavy atom. The minimum atomic E-state index is -3.16. The fourth-order valence-corrected chi connectivity index (χ4v) is 46.0. The van der Waals surface area contributed by atoms with Crippen LogP contribution in [0.2, 0.25) is 20.4 Å². The molecule has 0 spiro atoms. The van der Waals surface area contributed by atoms with Crippen molar-refractivity contribution in [3.63, 3.8) is 0 Å². The molecule has 244 valence electrons. The molecule has 9 rings (SSSR count). The third-order valence-corrected chi connectivity index (χ3v) is 38.1. The molecule has 1 aliphatic heterocycles. The van der Waals surface area contributed by atoms with Crippen LogP contribution in [0.4, 0.5) is 0 Å². The first-order valence-electron chi connectivity index (χ1n) is 19.1. The second-order valence-electron chi connectivity index (χ2n) is 16.8. The normalized spacial score (nSPS) is 23.8. The van der Waals surface area contributed by atoms with Gasteiger partial charge in [0.15, 0.2) is 0 Å². The summed E-state index contributed by atoms with van der Waals surface area (Å²) in [4.78, 5) is 0. The Balaban J connectivity index is 1.35. The Bertz CT molecular complexity index is 1880. The van der Waals surface area contributed by atoms with Gasteiger partial charge in [0.25, 0.3) is 0 Å². The molecule has 2 unspecified atom stereocenters. The van der Waals surface area contributed by atoms with E-state index in [1.165, 1.54) is 95.9 Å². The molecule has 0 nitrogen and oxygen atoms in total. The number of aryl methyl sites for hydroxylation is 2. The van der Waals surface area contributed by atoms with Gasteiger partial charge in [0.2, 0.25) is 0 Å². The molecule has 2 heteroatoms. The summed E-state index contributed by atoms with van der Waals surface area (Å²) in [6.45, 7) is 9.27. The third-order valence-electron chi connectivity index (χ3n) is 14.4. The molecular formula is C46H52HfSi. The van der Waals surface area contributed by atoms with Crippen molar-refractivity contribution in [3.8, 4) is 22.3 Å². The van der Waals surface area contributed by atoms with Gasteiger partial charge >= 0.3 is 297 Å². The SMILES string of the molecule is Cc1cccc(-c2cccc3c2C=C2[CH]3[Hf]([CH3])([CH3])[CH]3C(=Cc4c(-c5cccc(C)c5C)cccc43)[Si]2(C2CCCC2)C2CCCC2)c1C. The van der Waals surface area contributed by atoms with E-state index in [4.69, 9.17) is 0 Å². The van der Waals surface area contributed by atoms with Crippen molar-refractivity contribution in [2.24, 2.45) is 0 Å². The van der Waals surface area contributed by atoms with Gasteiger partial charge in [-0.3, -0.25) is 0 Å². The van der Waals surface area contributed by atoms with Crippen molar-refractivity contribution < 1.29 is 20.0 Å². The van der Waals surface area contributed by atoms with Crippen LogP contribution in [-0.2, 0) is 20.0 Å². The Morgan fingerprint density at radius 1 is 0.500 bits per heavy atom. The molecule has 0 radical (unpaired) electrons. The summed E-state index contributed by atoms with van der Waals surface area (Å²) in [6.07, 6.45) is 17.5. The van der Waals surface area contributed by atoms with Crippen LogP contribution in [0.5, 0.6) is 0 Å². The number of allylic oxidation sites excluding steroid dienone is 2. The van der Waals surface area contributed by atoms with E-state index in [0.29, 0.717) is 7.35 Å². The average molecular weight is 811 g/mol. The zero-order valence-corrected chi connectivity index (χ0v) is 34.6. The monoisotopic (exact) mass is 812 g/mol. The van der Waals surface area contributed by atoms with E-state index in [1.54, 1.807) is 22.3 Å². The summed E-state index contributed by atoms with van der Waals surface area (Å²) in [6, 6.07) is 28.9. The molecule has 4 aromatic rings. The zero-order chi connectivity index (χ0) is 32.9. The fraction of sp³-hybridized carbons (Fsp3) is 0.391. The third kappa shape index (κ3) is 4.27. The Labute approximate surface area is 295 Å². The first-order valence-corrected chi connectivity index (χ1v) is 32.6. The molecule has 0 N–H and O–H groups in total. The van der Waals surface area contributed by atoms with E-state index < -0.39 is 28.0 Å². The molecule has 0 amide bonds. The molecule has 4 aromatic carbocycles. The van der Waals surface area contributed by atoms with E-state index in [9.17, 15) is 0 Å². The van der Waals surface area contributed by atoms with Crippen LogP contribution < -0.4 is 0 Å². The summed E-state index contributed by atoms with van der Waals surface area (Å²) < 4.78 is 7.18. The second-order valence-corrected chi connectivity index (χ2v) is 38.6. The number of hydrogen-bond acceptors (Lipinski definition) is 0. The van der Waals surface area contributed by atoms with Crippen LogP contribution in [0.25, 0.3) is 34.4 Å². The van der Waals surface area contributed by atoms with Gasteiger partial charge in [0, 0.05) is 0 Å². The van der Waals surface area contributed by atoms with Crippen LogP contribution in [0.3, 0.4) is 0 Å². The predicted molar refractivity (Wildman–Crippen MR) is 206 cm³/mol. The molecule has 5 aliphatic rings. The van der Waals surface area contributed by atoms with E-state index >= 15 is 0 Å². The minimum absolute atomic E-state index is 0.711. The van der Waals surface area contributed by atoms with Crippen LogP contribution in [-0.4, -0.2) is 8.07 Å². The van der Waals surface area contributed by atoms with Crippen molar-refractivity contribution >= 4 is 20.2 Å². The van der Waals surface area contributed by atoms with Gasteiger partial charge in [-0.1, -0.05) is 0 Å². The second kappa shape index (κ2) is 11.5. The molecule has 2 saturated carbocycles. The summed E-state index contributed by atoms with van der Waals surface area (Å²) in [5.41, 5.74) is 20.1. The average Bonchev–Trinajstić information content (AvgIpc) is 3.90. The number of rotatable bonds is 4. The molecule has 1 heterocycles. The van der Waals surface area contributed by atoms with E-state index in [0.717, 1.165) is 11.1 Å². The molecule has 0 aromatic heterocycles. The van der Waals surface area contributed by atoms with Crippen molar-refractivity contribution in [1.29, 1.82) is 0 Å². The van der Waals surface area contributed by atoms with Crippen LogP contribution in [0, 0.1) is 27.7 Å². The van der Waals surface area contributed by atoms with Gasteiger partial charge in [-0.15, -0.1) is 0 Å². The first kappa shape index (κ1) is 31.4. The van der Waals surface area contributed by atoms with Gasteiger partial charge in [-0.05, 0) is 0 Å². The molecule has 4 aliphatic carbocycles. The zero-order valence-electron chi connectivity index (χ0n) is 30.0. The van der Waals surface area contributed by atoms with Gasteiger partial charge < -0.3 is 0 Å². The molecule has 0 bridgehead atoms. The summed E-state index contributed by atoms with van der Waals surface area (Å²) in [7, 11) is -2.08. The summed E-state index contributed by atoms with van der Waals surface area (Å²) in [5.74, 6) is 0. The Kier molecular flexibility index (Phi) is 7.52. The van der Waals surface area contributed by atoms with Crippen LogP contribution >= 0.6 is 0 Å². The van der Waals surface area contributed by atoms with E-state index in [2.05, 4.69) is 122 Å². The van der Waals surface area contributed by atoms with E-state index in [1.807, 2.05) is 10.4 Å². The van der Waals surface area contributed by atoms with Crippen molar-refractivity contribution in [3.05, 3.63) is 128 Å². The molecule has 2 atom stereocenters. The van der Waals surface area contributed by atoms with Crippen molar-refractivity contribution in [2.75, 3.05) is 0 Å². The molecular weight excluding hydrogens is 759 g/mol. The molecule has 1 saturated heterocycles. The topological polar surface area (TPSA) is 0 Å². The van der Waals surface area contributed by atoms with Gasteiger partial charge in [0.05, 0.1) is 0 Å². The summed E-state index contributed by atoms with van der Waals surface area (Å²) >= 11 is -3.16. The maximum atomic E-state index is 2.91. The van der Waals surface area contributed by atoms with Crippen LogP contribution in [0.15, 0.2) is 83.2 Å². The molecule has 3 fully saturated rings. The number of fused-ring (bicyclic) bond motifs is 6.